The molecule has 0 spiro atoms. The largest absolute Gasteiger partial charge is 0.498 e. The van der Waals surface area contributed by atoms with Crippen molar-refractivity contribution in [2.45, 2.75) is 45.8 Å². The molecule has 0 saturated carbocycles. The van der Waals surface area contributed by atoms with Crippen LogP contribution < -0.4 is 5.46 Å². The number of hydrogen-bond acceptors (Lipinski definition) is 5. The molecule has 1 aliphatic heterocycles. The number of rotatable bonds is 3. The van der Waals surface area contributed by atoms with Crippen molar-refractivity contribution in [2.24, 2.45) is 0 Å². The summed E-state index contributed by atoms with van der Waals surface area (Å²) in [6, 6.07) is 1.61. The van der Waals surface area contributed by atoms with Crippen LogP contribution in [0.4, 0.5) is 0 Å². The number of nitrogens with zero attached hydrogens (tertiary/aromatic N) is 1. The topological polar surface area (TPSA) is 57.7 Å². The summed E-state index contributed by atoms with van der Waals surface area (Å²) in [6.07, 6.45) is 1.38. The molecule has 1 aromatic rings. The SMILES string of the molecule is CCOC(=O)c1cnc(Cl)c(B2OC(C)(C)C(C)(C)O2)c1. The fourth-order valence-corrected chi connectivity index (χ4v) is 2.12. The van der Waals surface area contributed by atoms with Crippen molar-refractivity contribution in [1.29, 1.82) is 0 Å². The molecule has 1 saturated heterocycles. The molecule has 2 rings (SSSR count). The predicted octanol–water partition coefficient (Wildman–Crippen LogP) is 2.21. The number of carbonyl (C=O) groups is 1. The molecule has 21 heavy (non-hydrogen) atoms. The van der Waals surface area contributed by atoms with Crippen molar-refractivity contribution in [2.75, 3.05) is 6.61 Å². The molecule has 0 aliphatic carbocycles. The molecule has 2 heterocycles. The lowest BCUT2D eigenvalue weighted by Crippen LogP contribution is -2.41. The van der Waals surface area contributed by atoms with Crippen molar-refractivity contribution in [1.82, 2.24) is 4.98 Å². The molecule has 0 unspecified atom stereocenters. The molecule has 0 aromatic carbocycles. The fourth-order valence-electron chi connectivity index (χ4n) is 1.93. The van der Waals surface area contributed by atoms with Gasteiger partial charge in [-0.1, -0.05) is 11.6 Å². The molecule has 0 bridgehead atoms. The summed E-state index contributed by atoms with van der Waals surface area (Å²) in [6.45, 7) is 9.84. The van der Waals surface area contributed by atoms with Crippen molar-refractivity contribution in [3.05, 3.63) is 23.0 Å². The van der Waals surface area contributed by atoms with Crippen LogP contribution in [0.5, 0.6) is 0 Å². The Bertz CT molecular complexity index is 546. The zero-order valence-electron chi connectivity index (χ0n) is 12.9. The minimum atomic E-state index is -0.663. The molecule has 114 valence electrons. The van der Waals surface area contributed by atoms with Gasteiger partial charge in [-0.25, -0.2) is 9.78 Å². The Morgan fingerprint density at radius 1 is 1.33 bits per heavy atom. The Morgan fingerprint density at radius 2 is 1.90 bits per heavy atom. The third-order valence-corrected chi connectivity index (χ3v) is 4.20. The van der Waals surface area contributed by atoms with Gasteiger partial charge in [0.15, 0.2) is 0 Å². The van der Waals surface area contributed by atoms with Gasteiger partial charge in [-0.05, 0) is 40.7 Å². The summed E-state index contributed by atoms with van der Waals surface area (Å²) < 4.78 is 16.8. The van der Waals surface area contributed by atoms with E-state index in [0.717, 1.165) is 0 Å². The molecular formula is C14H19BClNO4. The van der Waals surface area contributed by atoms with E-state index in [4.69, 9.17) is 25.6 Å². The summed E-state index contributed by atoms with van der Waals surface area (Å²) in [7, 11) is -0.663. The summed E-state index contributed by atoms with van der Waals surface area (Å²) in [5.74, 6) is -0.445. The second kappa shape index (κ2) is 5.59. The number of esters is 1. The Balaban J connectivity index is 2.33. The highest BCUT2D eigenvalue weighted by atomic mass is 35.5. The minimum absolute atomic E-state index is 0.251. The first kappa shape index (κ1) is 16.3. The van der Waals surface area contributed by atoms with Gasteiger partial charge < -0.3 is 14.0 Å². The van der Waals surface area contributed by atoms with Gasteiger partial charge in [0, 0.05) is 11.7 Å². The van der Waals surface area contributed by atoms with Crippen LogP contribution in [0, 0.1) is 0 Å². The van der Waals surface area contributed by atoms with E-state index in [1.807, 2.05) is 27.7 Å². The quantitative estimate of drug-likeness (QED) is 0.487. The zero-order valence-corrected chi connectivity index (χ0v) is 13.7. The van der Waals surface area contributed by atoms with Gasteiger partial charge in [-0.15, -0.1) is 0 Å². The second-order valence-electron chi connectivity index (χ2n) is 5.91. The highest BCUT2D eigenvalue weighted by Crippen LogP contribution is 2.36. The van der Waals surface area contributed by atoms with Crippen LogP contribution in [0.3, 0.4) is 0 Å². The van der Waals surface area contributed by atoms with Crippen LogP contribution in [0.15, 0.2) is 12.3 Å². The third-order valence-electron chi connectivity index (χ3n) is 3.88. The lowest BCUT2D eigenvalue weighted by Gasteiger charge is -2.32. The van der Waals surface area contributed by atoms with E-state index in [2.05, 4.69) is 4.98 Å². The summed E-state index contributed by atoms with van der Waals surface area (Å²) in [5.41, 5.74) is -0.117. The average Bonchev–Trinajstić information content (AvgIpc) is 2.59. The van der Waals surface area contributed by atoms with E-state index in [0.29, 0.717) is 17.6 Å². The second-order valence-corrected chi connectivity index (χ2v) is 6.27. The Morgan fingerprint density at radius 3 is 2.43 bits per heavy atom. The van der Waals surface area contributed by atoms with E-state index < -0.39 is 24.3 Å². The van der Waals surface area contributed by atoms with Gasteiger partial charge in [-0.3, -0.25) is 0 Å². The average molecular weight is 312 g/mol. The number of halogens is 1. The molecular weight excluding hydrogens is 292 g/mol. The summed E-state index contributed by atoms with van der Waals surface area (Å²) in [4.78, 5) is 15.8. The molecule has 1 fully saturated rings. The van der Waals surface area contributed by atoms with Crippen LogP contribution in [0.1, 0.15) is 45.0 Å². The van der Waals surface area contributed by atoms with Gasteiger partial charge in [0.2, 0.25) is 0 Å². The number of aromatic nitrogens is 1. The Kier molecular flexibility index (Phi) is 4.33. The van der Waals surface area contributed by atoms with E-state index >= 15 is 0 Å². The smallest absolute Gasteiger partial charge is 0.462 e. The first-order valence-corrected chi connectivity index (χ1v) is 7.24. The molecule has 1 aromatic heterocycles. The maximum absolute atomic E-state index is 11.8. The first-order valence-electron chi connectivity index (χ1n) is 6.86. The molecule has 0 amide bonds. The van der Waals surface area contributed by atoms with Crippen molar-refractivity contribution < 1.29 is 18.8 Å². The van der Waals surface area contributed by atoms with E-state index in [9.17, 15) is 4.79 Å². The number of ether oxygens (including phenoxy) is 1. The standard InChI is InChI=1S/C14H19BClNO4/c1-6-19-12(18)9-7-10(11(16)17-8-9)15-20-13(2,3)14(4,5)21-15/h7-8H,6H2,1-5H3. The van der Waals surface area contributed by atoms with Crippen molar-refractivity contribution >= 4 is 30.2 Å². The van der Waals surface area contributed by atoms with Crippen LogP contribution in [-0.4, -0.2) is 35.9 Å². The van der Waals surface area contributed by atoms with E-state index in [1.165, 1.54) is 6.20 Å². The third kappa shape index (κ3) is 3.07. The van der Waals surface area contributed by atoms with Gasteiger partial charge >= 0.3 is 13.1 Å². The van der Waals surface area contributed by atoms with Gasteiger partial charge in [0.25, 0.3) is 0 Å². The molecule has 7 heteroatoms. The van der Waals surface area contributed by atoms with Gasteiger partial charge in [0.05, 0.1) is 23.4 Å². The van der Waals surface area contributed by atoms with Crippen LogP contribution >= 0.6 is 11.6 Å². The Hall–Kier alpha value is -1.11. The molecule has 5 nitrogen and oxygen atoms in total. The predicted molar refractivity (Wildman–Crippen MR) is 80.9 cm³/mol. The van der Waals surface area contributed by atoms with Crippen molar-refractivity contribution in [3.63, 3.8) is 0 Å². The summed E-state index contributed by atoms with van der Waals surface area (Å²) >= 11 is 6.12. The fraction of sp³-hybridized carbons (Fsp3) is 0.571. The maximum Gasteiger partial charge on any atom is 0.498 e. The molecule has 0 radical (unpaired) electrons. The van der Waals surface area contributed by atoms with Crippen LogP contribution in [0.2, 0.25) is 5.15 Å². The normalized spacial score (nSPS) is 19.6. The number of hydrogen-bond donors (Lipinski definition) is 0. The van der Waals surface area contributed by atoms with Crippen LogP contribution in [0.25, 0.3) is 0 Å². The van der Waals surface area contributed by atoms with Gasteiger partial charge in [0.1, 0.15) is 5.15 Å². The molecule has 0 N–H and O–H groups in total. The first-order chi connectivity index (χ1) is 9.68. The van der Waals surface area contributed by atoms with E-state index in [-0.39, 0.29) is 5.15 Å². The monoisotopic (exact) mass is 311 g/mol. The van der Waals surface area contributed by atoms with Crippen LogP contribution in [-0.2, 0) is 14.0 Å². The summed E-state index contributed by atoms with van der Waals surface area (Å²) in [5, 5.41) is 0.251. The van der Waals surface area contributed by atoms with Crippen molar-refractivity contribution in [3.8, 4) is 0 Å². The Labute approximate surface area is 130 Å². The molecule has 0 atom stereocenters. The maximum atomic E-state index is 11.8. The number of pyridine rings is 1. The highest BCUT2D eigenvalue weighted by Gasteiger charge is 2.52. The minimum Gasteiger partial charge on any atom is -0.462 e. The lowest BCUT2D eigenvalue weighted by atomic mass is 9.79. The number of carbonyl (C=O) groups excluding carboxylic acids is 1. The van der Waals surface area contributed by atoms with Gasteiger partial charge in [-0.2, -0.15) is 0 Å². The van der Waals surface area contributed by atoms with E-state index in [1.54, 1.807) is 13.0 Å². The lowest BCUT2D eigenvalue weighted by molar-refractivity contribution is 0.00578. The zero-order chi connectivity index (χ0) is 15.8. The molecule has 1 aliphatic rings. The highest BCUT2D eigenvalue weighted by molar-refractivity contribution is 6.65.